The monoisotopic (exact) mass is 444 g/mol. The lowest BCUT2D eigenvalue weighted by Gasteiger charge is -2.06. The smallest absolute Gasteiger partial charge is 0.338 e. The summed E-state index contributed by atoms with van der Waals surface area (Å²) in [7, 11) is 0. The molecule has 3 aromatic carbocycles. The minimum absolute atomic E-state index is 0.186. The molecule has 0 radical (unpaired) electrons. The number of anilines is 3. The number of ether oxygens (including phenoxy) is 1. The summed E-state index contributed by atoms with van der Waals surface area (Å²) in [5, 5.41) is 4.91. The number of nitrogens with one attached hydrogen (secondary N) is 1. The first-order valence-electron chi connectivity index (χ1n) is 9.72. The van der Waals surface area contributed by atoms with Crippen LogP contribution in [0.25, 0.3) is 22.4 Å². The molecule has 8 heteroatoms. The molecule has 0 atom stereocenters. The largest absolute Gasteiger partial charge is 0.452 e. The maximum atomic E-state index is 12.2. The third kappa shape index (κ3) is 5.11. The number of nitrogens with two attached hydrogens (primary N) is 2. The molecule has 0 fully saturated rings. The van der Waals surface area contributed by atoms with Crippen molar-refractivity contribution in [3.05, 3.63) is 83.7 Å². The highest BCUT2D eigenvalue weighted by atomic mass is 32.1. The van der Waals surface area contributed by atoms with Crippen LogP contribution in [-0.4, -0.2) is 23.5 Å². The summed E-state index contributed by atoms with van der Waals surface area (Å²) in [6, 6.07) is 22.5. The predicted molar refractivity (Wildman–Crippen MR) is 127 cm³/mol. The van der Waals surface area contributed by atoms with Crippen molar-refractivity contribution in [3.8, 4) is 22.4 Å². The van der Waals surface area contributed by atoms with Crippen LogP contribution in [0.5, 0.6) is 0 Å². The van der Waals surface area contributed by atoms with Crippen molar-refractivity contribution in [2.24, 2.45) is 0 Å². The van der Waals surface area contributed by atoms with Gasteiger partial charge in [-0.15, -0.1) is 11.3 Å². The van der Waals surface area contributed by atoms with E-state index >= 15 is 0 Å². The van der Waals surface area contributed by atoms with Crippen molar-refractivity contribution >= 4 is 39.7 Å². The Labute approximate surface area is 188 Å². The van der Waals surface area contributed by atoms with E-state index in [1.807, 2.05) is 47.8 Å². The van der Waals surface area contributed by atoms with Crippen molar-refractivity contribution in [1.82, 2.24) is 4.98 Å². The van der Waals surface area contributed by atoms with Gasteiger partial charge < -0.3 is 16.2 Å². The van der Waals surface area contributed by atoms with Crippen LogP contribution < -0.4 is 16.8 Å². The third-order valence-corrected chi connectivity index (χ3v) is 5.34. The Hall–Kier alpha value is -4.17. The maximum absolute atomic E-state index is 12.2. The number of carbonyl (C=O) groups is 2. The number of nitrogen functional groups attached to an aromatic ring is 2. The molecule has 1 aromatic heterocycles. The SMILES string of the molecule is Nc1cc(N)cc(C(=O)OCC(=O)Nc2nc(-c3ccc(-c4ccccc4)cc3)cs2)c1. The number of hydrogen-bond acceptors (Lipinski definition) is 7. The molecule has 5 N–H and O–H groups in total. The quantitative estimate of drug-likeness (QED) is 0.299. The van der Waals surface area contributed by atoms with Crippen molar-refractivity contribution in [3.63, 3.8) is 0 Å². The third-order valence-electron chi connectivity index (χ3n) is 4.59. The van der Waals surface area contributed by atoms with E-state index in [2.05, 4.69) is 22.4 Å². The fourth-order valence-corrected chi connectivity index (χ4v) is 3.83. The first-order chi connectivity index (χ1) is 15.5. The molecule has 7 nitrogen and oxygen atoms in total. The van der Waals surface area contributed by atoms with E-state index < -0.39 is 18.5 Å². The predicted octanol–water partition coefficient (Wildman–Crippen LogP) is 4.44. The van der Waals surface area contributed by atoms with E-state index in [0.29, 0.717) is 16.5 Å². The molecule has 1 heterocycles. The highest BCUT2D eigenvalue weighted by molar-refractivity contribution is 7.14. The summed E-state index contributed by atoms with van der Waals surface area (Å²) in [5.74, 6) is -1.17. The van der Waals surface area contributed by atoms with Crippen LogP contribution >= 0.6 is 11.3 Å². The van der Waals surface area contributed by atoms with Gasteiger partial charge >= 0.3 is 5.97 Å². The summed E-state index contributed by atoms with van der Waals surface area (Å²) in [4.78, 5) is 28.7. The molecular formula is C24H20N4O3S. The van der Waals surface area contributed by atoms with E-state index in [-0.39, 0.29) is 5.56 Å². The van der Waals surface area contributed by atoms with Crippen LogP contribution in [0.15, 0.2) is 78.2 Å². The Balaban J connectivity index is 1.34. The maximum Gasteiger partial charge on any atom is 0.338 e. The Morgan fingerprint density at radius 3 is 2.19 bits per heavy atom. The number of hydrogen-bond donors (Lipinski definition) is 3. The summed E-state index contributed by atoms with van der Waals surface area (Å²) in [5.41, 5.74) is 16.1. The zero-order chi connectivity index (χ0) is 22.5. The van der Waals surface area contributed by atoms with E-state index in [4.69, 9.17) is 16.2 Å². The highest BCUT2D eigenvalue weighted by Crippen LogP contribution is 2.27. The first kappa shape index (κ1) is 21.1. The molecule has 0 spiro atoms. The van der Waals surface area contributed by atoms with Gasteiger partial charge in [-0.2, -0.15) is 0 Å². The molecule has 0 aliphatic rings. The van der Waals surface area contributed by atoms with E-state index in [1.54, 1.807) is 0 Å². The van der Waals surface area contributed by atoms with Gasteiger partial charge in [0.15, 0.2) is 11.7 Å². The second-order valence-corrected chi connectivity index (χ2v) is 7.85. The van der Waals surface area contributed by atoms with Gasteiger partial charge in [0, 0.05) is 22.3 Å². The van der Waals surface area contributed by atoms with Crippen molar-refractivity contribution in [2.45, 2.75) is 0 Å². The Morgan fingerprint density at radius 2 is 1.50 bits per heavy atom. The fourth-order valence-electron chi connectivity index (χ4n) is 3.09. The fraction of sp³-hybridized carbons (Fsp3) is 0.0417. The van der Waals surface area contributed by atoms with Crippen LogP contribution in [0, 0.1) is 0 Å². The Kier molecular flexibility index (Phi) is 6.14. The van der Waals surface area contributed by atoms with E-state index in [9.17, 15) is 9.59 Å². The number of rotatable bonds is 6. The second kappa shape index (κ2) is 9.32. The molecule has 0 aliphatic heterocycles. The lowest BCUT2D eigenvalue weighted by atomic mass is 10.0. The number of amides is 1. The molecular weight excluding hydrogens is 424 g/mol. The van der Waals surface area contributed by atoms with Gasteiger partial charge in [-0.3, -0.25) is 10.1 Å². The van der Waals surface area contributed by atoms with Gasteiger partial charge in [0.1, 0.15) is 0 Å². The Bertz CT molecular complexity index is 1230. The number of benzene rings is 3. The normalized spacial score (nSPS) is 10.5. The van der Waals surface area contributed by atoms with Crippen molar-refractivity contribution in [2.75, 3.05) is 23.4 Å². The molecule has 32 heavy (non-hydrogen) atoms. The van der Waals surface area contributed by atoms with E-state index in [0.717, 1.165) is 22.4 Å². The molecule has 0 saturated carbocycles. The van der Waals surface area contributed by atoms with Crippen molar-refractivity contribution < 1.29 is 14.3 Å². The van der Waals surface area contributed by atoms with Gasteiger partial charge in [-0.05, 0) is 29.3 Å². The molecule has 4 rings (SSSR count). The minimum Gasteiger partial charge on any atom is -0.452 e. The van der Waals surface area contributed by atoms with Gasteiger partial charge in [0.25, 0.3) is 5.91 Å². The van der Waals surface area contributed by atoms with Crippen LogP contribution in [-0.2, 0) is 9.53 Å². The molecule has 0 saturated heterocycles. The molecule has 0 bridgehead atoms. The summed E-state index contributed by atoms with van der Waals surface area (Å²) < 4.78 is 5.03. The second-order valence-electron chi connectivity index (χ2n) is 6.99. The number of carbonyl (C=O) groups excluding carboxylic acids is 2. The van der Waals surface area contributed by atoms with Gasteiger partial charge in [0.2, 0.25) is 0 Å². The molecule has 4 aromatic rings. The molecule has 0 unspecified atom stereocenters. The minimum atomic E-state index is -0.683. The molecule has 0 aliphatic carbocycles. The first-order valence-corrected chi connectivity index (χ1v) is 10.6. The summed E-state index contributed by atoms with van der Waals surface area (Å²) in [6.45, 7) is -0.450. The van der Waals surface area contributed by atoms with Crippen LogP contribution in [0.2, 0.25) is 0 Å². The zero-order valence-electron chi connectivity index (χ0n) is 16.9. The number of esters is 1. The van der Waals surface area contributed by atoms with Crippen LogP contribution in [0.3, 0.4) is 0 Å². The van der Waals surface area contributed by atoms with Gasteiger partial charge in [-0.25, -0.2) is 9.78 Å². The van der Waals surface area contributed by atoms with Crippen LogP contribution in [0.1, 0.15) is 10.4 Å². The Morgan fingerprint density at radius 1 is 0.875 bits per heavy atom. The topological polar surface area (TPSA) is 120 Å². The average Bonchev–Trinajstić information content (AvgIpc) is 3.26. The summed E-state index contributed by atoms with van der Waals surface area (Å²) in [6.07, 6.45) is 0. The number of nitrogens with zero attached hydrogens (tertiary/aromatic N) is 1. The number of thiazole rings is 1. The van der Waals surface area contributed by atoms with Gasteiger partial charge in [-0.1, -0.05) is 54.6 Å². The lowest BCUT2D eigenvalue weighted by molar-refractivity contribution is -0.119. The van der Waals surface area contributed by atoms with E-state index in [1.165, 1.54) is 29.5 Å². The molecule has 160 valence electrons. The standard InChI is InChI=1S/C24H20N4O3S/c25-19-10-18(11-20(26)12-19)23(30)31-13-22(29)28-24-27-21(14-32-24)17-8-6-16(7-9-17)15-4-2-1-3-5-15/h1-12,14H,13,25-26H2,(H,27,28,29). The lowest BCUT2D eigenvalue weighted by Crippen LogP contribution is -2.21. The summed E-state index contributed by atoms with van der Waals surface area (Å²) >= 11 is 1.29. The average molecular weight is 445 g/mol. The van der Waals surface area contributed by atoms with Gasteiger partial charge in [0.05, 0.1) is 11.3 Å². The number of aromatic nitrogens is 1. The van der Waals surface area contributed by atoms with Crippen LogP contribution in [0.4, 0.5) is 16.5 Å². The van der Waals surface area contributed by atoms with Crippen molar-refractivity contribution in [1.29, 1.82) is 0 Å². The molecule has 1 amide bonds. The highest BCUT2D eigenvalue weighted by Gasteiger charge is 2.13. The zero-order valence-corrected chi connectivity index (χ0v) is 17.8.